The van der Waals surface area contributed by atoms with E-state index in [1.807, 2.05) is 0 Å². The lowest BCUT2D eigenvalue weighted by molar-refractivity contribution is -0.115. The average Bonchev–Trinajstić information content (AvgIpc) is 3.04. The molecule has 0 aliphatic rings. The second kappa shape index (κ2) is 8.68. The van der Waals surface area contributed by atoms with Crippen LogP contribution in [0.3, 0.4) is 0 Å². The summed E-state index contributed by atoms with van der Waals surface area (Å²) in [5.41, 5.74) is 1.36. The van der Waals surface area contributed by atoms with Crippen molar-refractivity contribution in [1.82, 2.24) is 0 Å². The van der Waals surface area contributed by atoms with Crippen LogP contribution in [0.15, 0.2) is 36.4 Å². The lowest BCUT2D eigenvalue weighted by Gasteiger charge is -2.11. The van der Waals surface area contributed by atoms with Crippen LogP contribution in [0.5, 0.6) is 0 Å². The van der Waals surface area contributed by atoms with Crippen molar-refractivity contribution < 1.29 is 18.7 Å². The number of carbonyl (C=O) groups is 2. The van der Waals surface area contributed by atoms with Crippen LogP contribution in [0, 0.1) is 5.82 Å². The van der Waals surface area contributed by atoms with Crippen LogP contribution in [0.2, 0.25) is 5.02 Å². The summed E-state index contributed by atoms with van der Waals surface area (Å²) < 4.78 is 20.1. The number of halogens is 2. The van der Waals surface area contributed by atoms with Gasteiger partial charge in [0.2, 0.25) is 5.91 Å². The van der Waals surface area contributed by atoms with Crippen molar-refractivity contribution in [3.8, 4) is 0 Å². The SMILES string of the molecule is CCC(=O)Nc1ccc(Cl)c(NC(=O)c2sc3cccc(F)c3c2COC)c1. The highest BCUT2D eigenvalue weighted by molar-refractivity contribution is 7.21. The van der Waals surface area contributed by atoms with E-state index < -0.39 is 11.7 Å². The first-order valence-corrected chi connectivity index (χ1v) is 9.73. The first-order chi connectivity index (χ1) is 13.4. The maximum absolute atomic E-state index is 14.3. The Balaban J connectivity index is 1.95. The lowest BCUT2D eigenvalue weighted by atomic mass is 10.1. The van der Waals surface area contributed by atoms with Gasteiger partial charge in [0.1, 0.15) is 5.82 Å². The van der Waals surface area contributed by atoms with E-state index in [1.54, 1.807) is 37.3 Å². The summed E-state index contributed by atoms with van der Waals surface area (Å²) in [7, 11) is 1.49. The van der Waals surface area contributed by atoms with Crippen molar-refractivity contribution in [3.63, 3.8) is 0 Å². The largest absolute Gasteiger partial charge is 0.380 e. The fourth-order valence-electron chi connectivity index (χ4n) is 2.76. The number of benzene rings is 2. The molecule has 0 bridgehead atoms. The smallest absolute Gasteiger partial charge is 0.266 e. The van der Waals surface area contributed by atoms with Crippen LogP contribution in [-0.4, -0.2) is 18.9 Å². The summed E-state index contributed by atoms with van der Waals surface area (Å²) in [5.74, 6) is -0.974. The molecule has 0 unspecified atom stereocenters. The zero-order chi connectivity index (χ0) is 20.3. The van der Waals surface area contributed by atoms with E-state index in [0.717, 1.165) is 0 Å². The summed E-state index contributed by atoms with van der Waals surface area (Å²) in [6, 6.07) is 9.53. The fourth-order valence-corrected chi connectivity index (χ4v) is 4.04. The quantitative estimate of drug-likeness (QED) is 0.557. The topological polar surface area (TPSA) is 67.4 Å². The predicted molar refractivity (Wildman–Crippen MR) is 111 cm³/mol. The summed E-state index contributed by atoms with van der Waals surface area (Å²) in [6.07, 6.45) is 0.331. The number of hydrogen-bond acceptors (Lipinski definition) is 4. The fraction of sp³-hybridized carbons (Fsp3) is 0.200. The molecule has 8 heteroatoms. The molecular weight excluding hydrogens is 403 g/mol. The number of nitrogens with one attached hydrogen (secondary N) is 2. The average molecular weight is 421 g/mol. The third-order valence-electron chi connectivity index (χ3n) is 4.08. The van der Waals surface area contributed by atoms with Gasteiger partial charge >= 0.3 is 0 Å². The van der Waals surface area contributed by atoms with Crippen molar-refractivity contribution in [3.05, 3.63) is 57.7 Å². The minimum absolute atomic E-state index is 0.101. The maximum Gasteiger partial charge on any atom is 0.266 e. The van der Waals surface area contributed by atoms with Gasteiger partial charge in [0.05, 0.1) is 22.2 Å². The van der Waals surface area contributed by atoms with Gasteiger partial charge in [-0.15, -0.1) is 11.3 Å². The summed E-state index contributed by atoms with van der Waals surface area (Å²) in [4.78, 5) is 24.8. The molecule has 2 aromatic carbocycles. The molecule has 2 N–H and O–H groups in total. The Labute approximate surface area is 170 Å². The number of amides is 2. The molecule has 1 heterocycles. The lowest BCUT2D eigenvalue weighted by Crippen LogP contribution is -2.14. The number of hydrogen-bond donors (Lipinski definition) is 2. The molecule has 0 radical (unpaired) electrons. The molecule has 2 amide bonds. The molecule has 3 rings (SSSR count). The Kier molecular flexibility index (Phi) is 6.28. The van der Waals surface area contributed by atoms with Crippen LogP contribution < -0.4 is 10.6 Å². The molecule has 28 heavy (non-hydrogen) atoms. The standard InChI is InChI=1S/C20H18ClFN2O3S/c1-3-17(25)23-11-7-8-13(21)15(9-11)24-20(26)19-12(10-27-2)18-14(22)5-4-6-16(18)28-19/h4-9H,3,10H2,1-2H3,(H,23,25)(H,24,26). The highest BCUT2D eigenvalue weighted by Crippen LogP contribution is 2.35. The molecule has 1 aromatic heterocycles. The van der Waals surface area contributed by atoms with Crippen molar-refractivity contribution in [2.24, 2.45) is 0 Å². The number of ether oxygens (including phenoxy) is 1. The van der Waals surface area contributed by atoms with Gasteiger partial charge in [0.15, 0.2) is 0 Å². The van der Waals surface area contributed by atoms with E-state index in [2.05, 4.69) is 10.6 Å². The molecule has 0 fully saturated rings. The van der Waals surface area contributed by atoms with Crippen LogP contribution in [0.1, 0.15) is 28.6 Å². The Morgan fingerprint density at radius 2 is 2.00 bits per heavy atom. The van der Waals surface area contributed by atoms with Gasteiger partial charge in [0, 0.05) is 34.9 Å². The van der Waals surface area contributed by atoms with Gasteiger partial charge in [-0.2, -0.15) is 0 Å². The van der Waals surface area contributed by atoms with Gasteiger partial charge in [-0.05, 0) is 30.3 Å². The second-order valence-electron chi connectivity index (χ2n) is 6.01. The van der Waals surface area contributed by atoms with Crippen LogP contribution >= 0.6 is 22.9 Å². The summed E-state index contributed by atoms with van der Waals surface area (Å²) in [6.45, 7) is 1.84. The number of anilines is 2. The monoisotopic (exact) mass is 420 g/mol. The molecule has 0 spiro atoms. The Morgan fingerprint density at radius 3 is 2.71 bits per heavy atom. The van der Waals surface area contributed by atoms with Crippen LogP contribution in [0.25, 0.3) is 10.1 Å². The zero-order valence-electron chi connectivity index (χ0n) is 15.3. The van der Waals surface area contributed by atoms with Gasteiger partial charge < -0.3 is 15.4 Å². The van der Waals surface area contributed by atoms with E-state index in [0.29, 0.717) is 43.3 Å². The molecule has 0 aliphatic heterocycles. The number of carbonyl (C=O) groups excluding carboxylic acids is 2. The molecule has 0 saturated carbocycles. The second-order valence-corrected chi connectivity index (χ2v) is 7.47. The van der Waals surface area contributed by atoms with Crippen molar-refractivity contribution >= 4 is 56.2 Å². The molecule has 0 atom stereocenters. The van der Waals surface area contributed by atoms with Gasteiger partial charge in [0.25, 0.3) is 5.91 Å². The van der Waals surface area contributed by atoms with Gasteiger partial charge in [-0.25, -0.2) is 4.39 Å². The Hall–Kier alpha value is -2.48. The Morgan fingerprint density at radius 1 is 1.21 bits per heavy atom. The first-order valence-electron chi connectivity index (χ1n) is 8.54. The number of fused-ring (bicyclic) bond motifs is 1. The van der Waals surface area contributed by atoms with E-state index in [1.165, 1.54) is 24.5 Å². The van der Waals surface area contributed by atoms with E-state index in [9.17, 15) is 14.0 Å². The number of rotatable bonds is 6. The minimum Gasteiger partial charge on any atom is -0.380 e. The molecule has 3 aromatic rings. The molecule has 146 valence electrons. The van der Waals surface area contributed by atoms with Crippen LogP contribution in [0.4, 0.5) is 15.8 Å². The van der Waals surface area contributed by atoms with Crippen LogP contribution in [-0.2, 0) is 16.1 Å². The van der Waals surface area contributed by atoms with Gasteiger partial charge in [-0.3, -0.25) is 9.59 Å². The maximum atomic E-state index is 14.3. The third-order valence-corrected chi connectivity index (χ3v) is 5.60. The van der Waals surface area contributed by atoms with E-state index in [4.69, 9.17) is 16.3 Å². The summed E-state index contributed by atoms with van der Waals surface area (Å²) in [5, 5.41) is 6.17. The van der Waals surface area contributed by atoms with E-state index >= 15 is 0 Å². The third kappa shape index (κ3) is 4.16. The van der Waals surface area contributed by atoms with Gasteiger partial charge in [-0.1, -0.05) is 24.6 Å². The summed E-state index contributed by atoms with van der Waals surface area (Å²) >= 11 is 7.38. The number of methoxy groups -OCH3 is 1. The molecule has 0 aliphatic carbocycles. The number of thiophene rings is 1. The normalized spacial score (nSPS) is 10.9. The predicted octanol–water partition coefficient (Wildman–Crippen LogP) is 5.44. The van der Waals surface area contributed by atoms with E-state index in [-0.39, 0.29) is 12.5 Å². The van der Waals surface area contributed by atoms with Crippen molar-refractivity contribution in [2.75, 3.05) is 17.7 Å². The van der Waals surface area contributed by atoms with Crippen molar-refractivity contribution in [2.45, 2.75) is 20.0 Å². The van der Waals surface area contributed by atoms with Crippen molar-refractivity contribution in [1.29, 1.82) is 0 Å². The Bertz CT molecular complexity index is 1050. The first kappa shape index (κ1) is 20.3. The highest BCUT2D eigenvalue weighted by Gasteiger charge is 2.21. The molecule has 5 nitrogen and oxygen atoms in total. The molecule has 0 saturated heterocycles. The zero-order valence-corrected chi connectivity index (χ0v) is 16.8. The molecular formula is C20H18ClFN2O3S. The highest BCUT2D eigenvalue weighted by atomic mass is 35.5. The minimum atomic E-state index is -0.423.